The monoisotopic (exact) mass is 455 g/mol. The van der Waals surface area contributed by atoms with Gasteiger partial charge < -0.3 is 14.2 Å². The Hall–Kier alpha value is -3.04. The number of benzene rings is 1. The van der Waals surface area contributed by atoms with Gasteiger partial charge in [0.05, 0.1) is 30.7 Å². The molecule has 33 heavy (non-hydrogen) atoms. The maximum absolute atomic E-state index is 13.5. The first-order chi connectivity index (χ1) is 15.9. The first kappa shape index (κ1) is 23.1. The van der Waals surface area contributed by atoms with Crippen LogP contribution in [0.3, 0.4) is 0 Å². The molecule has 3 heterocycles. The molecule has 9 heteroatoms. The zero-order valence-corrected chi connectivity index (χ0v) is 19.1. The third-order valence-electron chi connectivity index (χ3n) is 6.22. The number of hydrazone groups is 1. The predicted octanol–water partition coefficient (Wildman–Crippen LogP) is 2.02. The molecule has 2 aromatic rings. The molecule has 0 N–H and O–H groups in total. The molecule has 2 aliphatic rings. The van der Waals surface area contributed by atoms with Crippen molar-refractivity contribution in [1.29, 1.82) is 0 Å². The van der Waals surface area contributed by atoms with Crippen LogP contribution in [0.1, 0.15) is 30.6 Å². The van der Waals surface area contributed by atoms with E-state index in [1.807, 2.05) is 29.9 Å². The minimum absolute atomic E-state index is 0.0543. The summed E-state index contributed by atoms with van der Waals surface area (Å²) in [4.78, 5) is 29.4. The van der Waals surface area contributed by atoms with Crippen LogP contribution in [-0.4, -0.2) is 82.8 Å². The Morgan fingerprint density at radius 1 is 1.18 bits per heavy atom. The SMILES string of the molecule is CC(=O)N(CCN1CCOCC1)CC(=O)N1N=C(c2cccn2C)C[C@H]1c1ccc(F)cc1. The third-order valence-corrected chi connectivity index (χ3v) is 6.22. The summed E-state index contributed by atoms with van der Waals surface area (Å²) in [5.41, 5.74) is 2.52. The fraction of sp³-hybridized carbons (Fsp3) is 0.458. The molecule has 4 rings (SSSR count). The highest BCUT2D eigenvalue weighted by Crippen LogP contribution is 2.33. The van der Waals surface area contributed by atoms with Crippen molar-refractivity contribution in [3.05, 3.63) is 59.7 Å². The molecule has 1 aromatic heterocycles. The van der Waals surface area contributed by atoms with E-state index in [0.29, 0.717) is 32.7 Å². The van der Waals surface area contributed by atoms with Gasteiger partial charge in [0, 0.05) is 52.8 Å². The number of ether oxygens (including phenoxy) is 1. The van der Waals surface area contributed by atoms with Crippen molar-refractivity contribution in [2.24, 2.45) is 12.1 Å². The van der Waals surface area contributed by atoms with Crippen LogP contribution in [0.15, 0.2) is 47.7 Å². The van der Waals surface area contributed by atoms with Crippen molar-refractivity contribution in [2.45, 2.75) is 19.4 Å². The number of nitrogens with zero attached hydrogens (tertiary/aromatic N) is 5. The van der Waals surface area contributed by atoms with E-state index in [4.69, 9.17) is 4.74 Å². The summed E-state index contributed by atoms with van der Waals surface area (Å²) in [6.07, 6.45) is 2.45. The molecule has 176 valence electrons. The number of aryl methyl sites for hydroxylation is 1. The van der Waals surface area contributed by atoms with Crippen LogP contribution in [0, 0.1) is 5.82 Å². The molecule has 1 atom stereocenters. The number of hydrogen-bond donors (Lipinski definition) is 0. The molecule has 2 amide bonds. The minimum Gasteiger partial charge on any atom is -0.379 e. The zero-order chi connectivity index (χ0) is 23.4. The lowest BCUT2D eigenvalue weighted by atomic mass is 10.0. The van der Waals surface area contributed by atoms with E-state index in [2.05, 4.69) is 10.0 Å². The maximum atomic E-state index is 13.5. The summed E-state index contributed by atoms with van der Waals surface area (Å²) in [5.74, 6) is -0.740. The van der Waals surface area contributed by atoms with Gasteiger partial charge in [-0.2, -0.15) is 5.10 Å². The number of rotatable bonds is 7. The van der Waals surface area contributed by atoms with E-state index < -0.39 is 0 Å². The van der Waals surface area contributed by atoms with E-state index in [0.717, 1.165) is 30.1 Å². The molecule has 1 aromatic carbocycles. The number of amides is 2. The van der Waals surface area contributed by atoms with Gasteiger partial charge in [-0.15, -0.1) is 0 Å². The lowest BCUT2D eigenvalue weighted by Crippen LogP contribution is -2.45. The van der Waals surface area contributed by atoms with E-state index in [1.54, 1.807) is 17.0 Å². The van der Waals surface area contributed by atoms with Crippen LogP contribution in [0.2, 0.25) is 0 Å². The van der Waals surface area contributed by atoms with Gasteiger partial charge in [0.15, 0.2) is 0 Å². The van der Waals surface area contributed by atoms with Gasteiger partial charge in [-0.25, -0.2) is 9.40 Å². The van der Waals surface area contributed by atoms with E-state index in [-0.39, 0.29) is 30.2 Å². The van der Waals surface area contributed by atoms with Gasteiger partial charge in [-0.05, 0) is 29.8 Å². The van der Waals surface area contributed by atoms with Gasteiger partial charge in [0.2, 0.25) is 5.91 Å². The second-order valence-corrected chi connectivity index (χ2v) is 8.46. The van der Waals surface area contributed by atoms with Gasteiger partial charge >= 0.3 is 0 Å². The summed E-state index contributed by atoms with van der Waals surface area (Å²) in [6, 6.07) is 9.69. The number of morpholine rings is 1. The normalized spacial score (nSPS) is 18.9. The molecule has 1 saturated heterocycles. The van der Waals surface area contributed by atoms with Crippen molar-refractivity contribution in [1.82, 2.24) is 19.4 Å². The highest BCUT2D eigenvalue weighted by molar-refractivity contribution is 6.02. The van der Waals surface area contributed by atoms with Crippen molar-refractivity contribution in [3.8, 4) is 0 Å². The summed E-state index contributed by atoms with van der Waals surface area (Å²) < 4.78 is 20.8. The standard InChI is InChI=1S/C24H30FN5O3/c1-18(31)29(11-10-28-12-14-33-15-13-28)17-24(32)30-23(19-5-7-20(25)8-6-19)16-21(26-30)22-4-3-9-27(22)2/h3-9,23H,10-17H2,1-2H3/t23-/m0/s1. The summed E-state index contributed by atoms with van der Waals surface area (Å²) in [7, 11) is 1.93. The fourth-order valence-electron chi connectivity index (χ4n) is 4.27. The Labute approximate surface area is 193 Å². The van der Waals surface area contributed by atoms with Crippen molar-refractivity contribution < 1.29 is 18.7 Å². The van der Waals surface area contributed by atoms with Crippen LogP contribution in [-0.2, 0) is 21.4 Å². The number of hydrogen-bond acceptors (Lipinski definition) is 5. The van der Waals surface area contributed by atoms with Crippen LogP contribution in [0.5, 0.6) is 0 Å². The van der Waals surface area contributed by atoms with Gasteiger partial charge in [0.25, 0.3) is 5.91 Å². The largest absolute Gasteiger partial charge is 0.379 e. The molecule has 0 saturated carbocycles. The first-order valence-electron chi connectivity index (χ1n) is 11.2. The van der Waals surface area contributed by atoms with E-state index >= 15 is 0 Å². The summed E-state index contributed by atoms with van der Waals surface area (Å²) in [6.45, 7) is 5.59. The second kappa shape index (κ2) is 10.3. The lowest BCUT2D eigenvalue weighted by Gasteiger charge is -2.30. The number of carbonyl (C=O) groups is 2. The van der Waals surface area contributed by atoms with Crippen molar-refractivity contribution in [2.75, 3.05) is 45.9 Å². The minimum atomic E-state index is -0.351. The average Bonchev–Trinajstić information content (AvgIpc) is 3.44. The quantitative estimate of drug-likeness (QED) is 0.641. The maximum Gasteiger partial charge on any atom is 0.262 e. The van der Waals surface area contributed by atoms with E-state index in [1.165, 1.54) is 24.1 Å². The number of aromatic nitrogens is 1. The van der Waals surface area contributed by atoms with Crippen LogP contribution < -0.4 is 0 Å². The van der Waals surface area contributed by atoms with Gasteiger partial charge in [-0.3, -0.25) is 14.5 Å². The summed E-state index contributed by atoms with van der Waals surface area (Å²) in [5, 5.41) is 6.11. The molecular formula is C24H30FN5O3. The zero-order valence-electron chi connectivity index (χ0n) is 19.1. The topological polar surface area (TPSA) is 70.4 Å². The molecule has 8 nitrogen and oxygen atoms in total. The molecule has 0 radical (unpaired) electrons. The van der Waals surface area contributed by atoms with Crippen molar-refractivity contribution >= 4 is 17.5 Å². The Morgan fingerprint density at radius 2 is 1.91 bits per heavy atom. The molecule has 0 aliphatic carbocycles. The highest BCUT2D eigenvalue weighted by Gasteiger charge is 2.34. The van der Waals surface area contributed by atoms with Crippen molar-refractivity contribution in [3.63, 3.8) is 0 Å². The Morgan fingerprint density at radius 3 is 2.55 bits per heavy atom. The van der Waals surface area contributed by atoms with Gasteiger partial charge in [-0.1, -0.05) is 12.1 Å². The van der Waals surface area contributed by atoms with Gasteiger partial charge in [0.1, 0.15) is 12.4 Å². The lowest BCUT2D eigenvalue weighted by molar-refractivity contribution is -0.140. The molecule has 0 bridgehead atoms. The molecule has 2 aliphatic heterocycles. The smallest absolute Gasteiger partial charge is 0.262 e. The number of halogens is 1. The van der Waals surface area contributed by atoms with Crippen LogP contribution >= 0.6 is 0 Å². The Bertz CT molecular complexity index is 1010. The fourth-order valence-corrected chi connectivity index (χ4v) is 4.27. The molecule has 0 spiro atoms. The third kappa shape index (κ3) is 5.48. The molecule has 1 fully saturated rings. The molecule has 0 unspecified atom stereocenters. The van der Waals surface area contributed by atoms with E-state index in [9.17, 15) is 14.0 Å². The first-order valence-corrected chi connectivity index (χ1v) is 11.2. The molecular weight excluding hydrogens is 425 g/mol. The second-order valence-electron chi connectivity index (χ2n) is 8.46. The number of carbonyl (C=O) groups excluding carboxylic acids is 2. The average molecular weight is 456 g/mol. The predicted molar refractivity (Wildman–Crippen MR) is 122 cm³/mol. The Balaban J connectivity index is 1.51. The highest BCUT2D eigenvalue weighted by atomic mass is 19.1. The summed E-state index contributed by atoms with van der Waals surface area (Å²) >= 11 is 0. The van der Waals surface area contributed by atoms with Crippen LogP contribution in [0.4, 0.5) is 4.39 Å². The van der Waals surface area contributed by atoms with Crippen LogP contribution in [0.25, 0.3) is 0 Å². The Kier molecular flexibility index (Phi) is 7.20.